The van der Waals surface area contributed by atoms with Gasteiger partial charge in [-0.1, -0.05) is 30.3 Å². The number of aromatic nitrogens is 1. The highest BCUT2D eigenvalue weighted by molar-refractivity contribution is 6.47. The number of carbonyl (C=O) groups is 1. The van der Waals surface area contributed by atoms with Crippen molar-refractivity contribution in [3.63, 3.8) is 0 Å². The van der Waals surface area contributed by atoms with Crippen molar-refractivity contribution < 1.29 is 4.79 Å². The van der Waals surface area contributed by atoms with Crippen LogP contribution >= 0.6 is 0 Å². The van der Waals surface area contributed by atoms with Gasteiger partial charge in [-0.05, 0) is 6.07 Å². The summed E-state index contributed by atoms with van der Waals surface area (Å²) < 4.78 is 1.48. The summed E-state index contributed by atoms with van der Waals surface area (Å²) in [5.41, 5.74) is 1.89. The zero-order valence-corrected chi connectivity index (χ0v) is 10.5. The van der Waals surface area contributed by atoms with Gasteiger partial charge in [-0.2, -0.15) is 0 Å². The van der Waals surface area contributed by atoms with E-state index in [9.17, 15) is 9.59 Å². The van der Waals surface area contributed by atoms with Crippen LogP contribution in [0, 0.1) is 0 Å². The van der Waals surface area contributed by atoms with Crippen LogP contribution in [-0.4, -0.2) is 16.1 Å². The molecule has 0 spiro atoms. The van der Waals surface area contributed by atoms with E-state index in [1.807, 2.05) is 30.3 Å². The van der Waals surface area contributed by atoms with E-state index in [1.165, 1.54) is 10.6 Å². The lowest BCUT2D eigenvalue weighted by atomic mass is 9.98. The zero-order chi connectivity index (χ0) is 13.4. The molecule has 2 heterocycles. The van der Waals surface area contributed by atoms with Crippen LogP contribution in [0.5, 0.6) is 0 Å². The van der Waals surface area contributed by atoms with Gasteiger partial charge in [0.1, 0.15) is 11.5 Å². The molecule has 4 nitrogen and oxygen atoms in total. The topological polar surface area (TPSA) is 51.4 Å². The molecule has 1 aromatic carbocycles. The summed E-state index contributed by atoms with van der Waals surface area (Å²) in [6.07, 6.45) is 0.289. The van der Waals surface area contributed by atoms with Gasteiger partial charge in [0.25, 0.3) is 5.56 Å². The maximum Gasteiger partial charge on any atom is 0.251 e. The molecule has 0 saturated carbocycles. The molecular formula is C15H12N2O2. The van der Waals surface area contributed by atoms with Crippen molar-refractivity contribution in [3.8, 4) is 0 Å². The second-order valence-electron chi connectivity index (χ2n) is 4.51. The number of benzene rings is 1. The number of hydrogen-bond donors (Lipinski definition) is 0. The molecule has 0 fully saturated rings. The first-order chi connectivity index (χ1) is 9.16. The Morgan fingerprint density at radius 3 is 2.53 bits per heavy atom. The van der Waals surface area contributed by atoms with Crippen LogP contribution in [0.2, 0.25) is 0 Å². The number of carbonyl (C=O) groups excluding carboxylic acids is 1. The quantitative estimate of drug-likeness (QED) is 0.774. The van der Waals surface area contributed by atoms with E-state index in [4.69, 9.17) is 0 Å². The Balaban J connectivity index is 2.22. The van der Waals surface area contributed by atoms with Crippen LogP contribution in [0.15, 0.2) is 52.3 Å². The van der Waals surface area contributed by atoms with Crippen molar-refractivity contribution in [2.75, 3.05) is 0 Å². The van der Waals surface area contributed by atoms with Gasteiger partial charge in [0.15, 0.2) is 5.78 Å². The van der Waals surface area contributed by atoms with Gasteiger partial charge in [-0.3, -0.25) is 14.2 Å². The average Bonchev–Trinajstić information content (AvgIpc) is 2.44. The fraction of sp³-hybridized carbons (Fsp3) is 0.133. The first kappa shape index (κ1) is 11.6. The van der Waals surface area contributed by atoms with Crippen molar-refractivity contribution >= 4 is 17.3 Å². The van der Waals surface area contributed by atoms with E-state index >= 15 is 0 Å². The number of rotatable bonds is 1. The fourth-order valence-corrected chi connectivity index (χ4v) is 2.21. The molecule has 94 valence electrons. The highest BCUT2D eigenvalue weighted by Gasteiger charge is 2.23. The summed E-state index contributed by atoms with van der Waals surface area (Å²) in [5, 5.41) is 0. The number of hydrogen-bond acceptors (Lipinski definition) is 3. The lowest BCUT2D eigenvalue weighted by Crippen LogP contribution is -2.25. The van der Waals surface area contributed by atoms with Crippen molar-refractivity contribution in [2.45, 2.75) is 6.42 Å². The van der Waals surface area contributed by atoms with Crippen LogP contribution in [0.25, 0.3) is 0 Å². The largest absolute Gasteiger partial charge is 0.296 e. The smallest absolute Gasteiger partial charge is 0.251 e. The maximum atomic E-state index is 12.1. The van der Waals surface area contributed by atoms with Gasteiger partial charge in [-0.15, -0.1) is 0 Å². The molecule has 0 unspecified atom stereocenters. The molecule has 0 atom stereocenters. The Morgan fingerprint density at radius 2 is 1.79 bits per heavy atom. The first-order valence-electron chi connectivity index (χ1n) is 6.03. The number of fused-ring (bicyclic) bond motifs is 1. The molecule has 4 heteroatoms. The summed E-state index contributed by atoms with van der Waals surface area (Å²) in [5.74, 6) is 0.559. The van der Waals surface area contributed by atoms with Crippen molar-refractivity contribution in [1.82, 2.24) is 4.57 Å². The van der Waals surface area contributed by atoms with E-state index in [0.29, 0.717) is 11.5 Å². The number of aliphatic imine (C=N–C) groups is 1. The Bertz CT molecular complexity index is 742. The number of pyridine rings is 1. The van der Waals surface area contributed by atoms with Crippen LogP contribution in [0.3, 0.4) is 0 Å². The molecule has 1 aliphatic heterocycles. The van der Waals surface area contributed by atoms with Crippen LogP contribution in [0.4, 0.5) is 5.82 Å². The van der Waals surface area contributed by atoms with E-state index in [2.05, 4.69) is 4.99 Å². The van der Waals surface area contributed by atoms with Crippen molar-refractivity contribution in [3.05, 3.63) is 63.9 Å². The Labute approximate surface area is 110 Å². The highest BCUT2D eigenvalue weighted by Crippen LogP contribution is 2.24. The minimum atomic E-state index is -0.121. The predicted molar refractivity (Wildman–Crippen MR) is 73.0 cm³/mol. The van der Waals surface area contributed by atoms with E-state index in [-0.39, 0.29) is 17.8 Å². The Kier molecular flexibility index (Phi) is 2.63. The van der Waals surface area contributed by atoms with E-state index in [1.54, 1.807) is 13.1 Å². The fourth-order valence-electron chi connectivity index (χ4n) is 2.21. The van der Waals surface area contributed by atoms with Crippen LogP contribution in [-0.2, 0) is 18.3 Å². The predicted octanol–water partition coefficient (Wildman–Crippen LogP) is 1.63. The summed E-state index contributed by atoms with van der Waals surface area (Å²) in [7, 11) is 1.67. The monoisotopic (exact) mass is 252 g/mol. The minimum absolute atomic E-state index is 0.0163. The minimum Gasteiger partial charge on any atom is -0.296 e. The van der Waals surface area contributed by atoms with E-state index < -0.39 is 0 Å². The summed E-state index contributed by atoms with van der Waals surface area (Å²) >= 11 is 0. The second-order valence-corrected chi connectivity index (χ2v) is 4.51. The molecule has 0 radical (unpaired) electrons. The second kappa shape index (κ2) is 4.31. The molecule has 19 heavy (non-hydrogen) atoms. The Hall–Kier alpha value is -2.49. The standard InChI is InChI=1S/C15H12N2O2/c1-17-13(19)8-7-11-9-12(18)14(16-15(11)17)10-5-3-2-4-6-10/h2-8H,9H2,1H3. The molecule has 0 aliphatic carbocycles. The Morgan fingerprint density at radius 1 is 1.05 bits per heavy atom. The molecule has 2 aromatic rings. The normalized spacial score (nSPS) is 13.9. The van der Waals surface area contributed by atoms with Crippen LogP contribution < -0.4 is 5.56 Å². The molecule has 0 saturated heterocycles. The third-order valence-corrected chi connectivity index (χ3v) is 3.24. The van der Waals surface area contributed by atoms with Crippen molar-refractivity contribution in [1.29, 1.82) is 0 Å². The maximum absolute atomic E-state index is 12.1. The lowest BCUT2D eigenvalue weighted by molar-refractivity contribution is -0.112. The summed E-state index contributed by atoms with van der Waals surface area (Å²) in [6.45, 7) is 0. The summed E-state index contributed by atoms with van der Waals surface area (Å²) in [4.78, 5) is 28.1. The van der Waals surface area contributed by atoms with Crippen molar-refractivity contribution in [2.24, 2.45) is 12.0 Å². The molecule has 1 aromatic heterocycles. The molecule has 0 amide bonds. The SMILES string of the molecule is Cn1c2c(ccc1=O)CC(=O)C(c1ccccc1)=N2. The number of Topliss-reactive ketones (excluding diaryl/α,β-unsaturated/α-hetero) is 1. The van der Waals surface area contributed by atoms with Gasteiger partial charge >= 0.3 is 0 Å². The number of ketones is 1. The van der Waals surface area contributed by atoms with Crippen LogP contribution in [0.1, 0.15) is 11.1 Å². The third kappa shape index (κ3) is 1.91. The third-order valence-electron chi connectivity index (χ3n) is 3.24. The van der Waals surface area contributed by atoms with Gasteiger partial charge in [-0.25, -0.2) is 4.99 Å². The van der Waals surface area contributed by atoms with Gasteiger partial charge in [0.05, 0.1) is 0 Å². The molecule has 0 N–H and O–H groups in total. The summed E-state index contributed by atoms with van der Waals surface area (Å²) in [6, 6.07) is 12.5. The molecule has 3 rings (SSSR count). The molecular weight excluding hydrogens is 240 g/mol. The number of nitrogens with zero attached hydrogens (tertiary/aromatic N) is 2. The molecule has 1 aliphatic rings. The first-order valence-corrected chi connectivity index (χ1v) is 6.03. The van der Waals surface area contributed by atoms with Gasteiger partial charge in [0, 0.05) is 30.7 Å². The zero-order valence-electron chi connectivity index (χ0n) is 10.5. The van der Waals surface area contributed by atoms with Gasteiger partial charge in [0.2, 0.25) is 0 Å². The van der Waals surface area contributed by atoms with Gasteiger partial charge < -0.3 is 0 Å². The average molecular weight is 252 g/mol. The lowest BCUT2D eigenvalue weighted by Gasteiger charge is -2.16. The van der Waals surface area contributed by atoms with E-state index in [0.717, 1.165) is 11.1 Å². The molecule has 0 bridgehead atoms. The highest BCUT2D eigenvalue weighted by atomic mass is 16.1.